The third-order valence-corrected chi connectivity index (χ3v) is 8.08. The number of ether oxygens (including phenoxy) is 1. The highest BCUT2D eigenvalue weighted by Gasteiger charge is 2.49. The largest absolute Gasteiger partial charge is 0.444 e. The van der Waals surface area contributed by atoms with E-state index in [1.54, 1.807) is 20.8 Å². The molecule has 1 N–H and O–H groups in total. The number of carbonyl (C=O) groups excluding carboxylic acids is 2. The molecular formula is C38H41F2N3O4. The Morgan fingerprint density at radius 2 is 1.32 bits per heavy atom. The Balaban J connectivity index is 1.57. The average Bonchev–Trinajstić information content (AvgIpc) is 3.35. The Hall–Kier alpha value is -4.60. The van der Waals surface area contributed by atoms with Crippen LogP contribution in [0, 0.1) is 11.6 Å². The van der Waals surface area contributed by atoms with Crippen LogP contribution in [0.2, 0.25) is 0 Å². The first-order valence-electron chi connectivity index (χ1n) is 15.7. The number of benzene rings is 4. The summed E-state index contributed by atoms with van der Waals surface area (Å²) in [6.07, 6.45) is -2.20. The van der Waals surface area contributed by atoms with Crippen LogP contribution in [0.25, 0.3) is 0 Å². The zero-order valence-corrected chi connectivity index (χ0v) is 26.9. The molecule has 9 heteroatoms. The van der Waals surface area contributed by atoms with Crippen LogP contribution in [0.3, 0.4) is 0 Å². The quantitative estimate of drug-likeness (QED) is 0.201. The van der Waals surface area contributed by atoms with Gasteiger partial charge in [0, 0.05) is 31.7 Å². The van der Waals surface area contributed by atoms with Gasteiger partial charge in [-0.1, -0.05) is 91.0 Å². The van der Waals surface area contributed by atoms with E-state index in [2.05, 4.69) is 0 Å². The van der Waals surface area contributed by atoms with Crippen molar-refractivity contribution < 1.29 is 28.2 Å². The predicted octanol–water partition coefficient (Wildman–Crippen LogP) is 6.54. The number of aliphatic hydroxyl groups excluding tert-OH is 1. The highest BCUT2D eigenvalue weighted by Crippen LogP contribution is 2.29. The van der Waals surface area contributed by atoms with Crippen LogP contribution in [-0.2, 0) is 35.6 Å². The summed E-state index contributed by atoms with van der Waals surface area (Å²) in [5.74, 6) is -1.93. The molecule has 4 aromatic carbocycles. The van der Waals surface area contributed by atoms with Gasteiger partial charge in [-0.25, -0.2) is 13.6 Å². The first kappa shape index (κ1) is 33.8. The van der Waals surface area contributed by atoms with Gasteiger partial charge in [-0.3, -0.25) is 14.6 Å². The number of hydrogen-bond donors (Lipinski definition) is 1. The summed E-state index contributed by atoms with van der Waals surface area (Å²) in [5.41, 5.74) is 2.21. The van der Waals surface area contributed by atoms with Gasteiger partial charge in [-0.2, -0.15) is 0 Å². The number of halogens is 2. The lowest BCUT2D eigenvalue weighted by Gasteiger charge is -2.39. The van der Waals surface area contributed by atoms with Crippen molar-refractivity contribution in [3.63, 3.8) is 0 Å². The van der Waals surface area contributed by atoms with E-state index in [1.165, 1.54) is 21.9 Å². The standard InChI is InChI=1S/C38H41F2N3O4/c1-38(2,3)47-37(46)43-26-42(25-29-17-11-6-12-18-29)36(45)34(43)35(44)33(21-30-19-31(39)22-32(40)20-30)41(23-27-13-7-4-8-14-27)24-28-15-9-5-10-16-28/h4-20,22,33-35,44H,21,23-26H2,1-3H3/t33-,34+,35-/m0/s1. The lowest BCUT2D eigenvalue weighted by molar-refractivity contribution is -0.133. The fourth-order valence-electron chi connectivity index (χ4n) is 5.99. The topological polar surface area (TPSA) is 73.3 Å². The van der Waals surface area contributed by atoms with Crippen molar-refractivity contribution in [1.29, 1.82) is 0 Å². The van der Waals surface area contributed by atoms with Crippen molar-refractivity contribution in [2.24, 2.45) is 0 Å². The molecule has 0 aromatic heterocycles. The fourth-order valence-corrected chi connectivity index (χ4v) is 5.99. The summed E-state index contributed by atoms with van der Waals surface area (Å²) in [7, 11) is 0. The Bertz CT molecular complexity index is 1570. The van der Waals surface area contributed by atoms with E-state index < -0.39 is 47.4 Å². The molecule has 1 saturated heterocycles. The van der Waals surface area contributed by atoms with Gasteiger partial charge in [-0.05, 0) is 61.6 Å². The molecule has 2 amide bonds. The summed E-state index contributed by atoms with van der Waals surface area (Å²) >= 11 is 0. The molecule has 7 nitrogen and oxygen atoms in total. The van der Waals surface area contributed by atoms with E-state index >= 15 is 0 Å². The van der Waals surface area contributed by atoms with Crippen LogP contribution in [0.5, 0.6) is 0 Å². The summed E-state index contributed by atoms with van der Waals surface area (Å²) in [6.45, 7) is 6.05. The molecular weight excluding hydrogens is 600 g/mol. The second-order valence-corrected chi connectivity index (χ2v) is 13.0. The molecule has 246 valence electrons. The maximum Gasteiger partial charge on any atom is 0.412 e. The molecule has 0 aliphatic carbocycles. The molecule has 5 rings (SSSR count). The molecule has 4 aromatic rings. The second-order valence-electron chi connectivity index (χ2n) is 13.0. The molecule has 3 atom stereocenters. The number of aliphatic hydroxyl groups is 1. The van der Waals surface area contributed by atoms with Crippen molar-refractivity contribution in [3.05, 3.63) is 143 Å². The summed E-state index contributed by atoms with van der Waals surface area (Å²) < 4.78 is 34.7. The smallest absolute Gasteiger partial charge is 0.412 e. The predicted molar refractivity (Wildman–Crippen MR) is 176 cm³/mol. The summed E-state index contributed by atoms with van der Waals surface area (Å²) in [5, 5.41) is 12.4. The minimum atomic E-state index is -1.46. The van der Waals surface area contributed by atoms with Crippen molar-refractivity contribution in [1.82, 2.24) is 14.7 Å². The minimum Gasteiger partial charge on any atom is -0.444 e. The van der Waals surface area contributed by atoms with Gasteiger partial charge in [-0.15, -0.1) is 0 Å². The van der Waals surface area contributed by atoms with Crippen molar-refractivity contribution in [3.8, 4) is 0 Å². The van der Waals surface area contributed by atoms with Crippen molar-refractivity contribution >= 4 is 12.0 Å². The molecule has 1 aliphatic rings. The third-order valence-electron chi connectivity index (χ3n) is 8.08. The van der Waals surface area contributed by atoms with E-state index in [4.69, 9.17) is 4.74 Å². The van der Waals surface area contributed by atoms with Gasteiger partial charge in [0.25, 0.3) is 0 Å². The Morgan fingerprint density at radius 3 is 1.81 bits per heavy atom. The molecule has 47 heavy (non-hydrogen) atoms. The third kappa shape index (κ3) is 9.02. The van der Waals surface area contributed by atoms with E-state index in [0.717, 1.165) is 22.8 Å². The van der Waals surface area contributed by atoms with Crippen LogP contribution >= 0.6 is 0 Å². The lowest BCUT2D eigenvalue weighted by Crippen LogP contribution is -2.56. The highest BCUT2D eigenvalue weighted by molar-refractivity contribution is 5.89. The molecule has 1 heterocycles. The van der Waals surface area contributed by atoms with Crippen LogP contribution in [0.1, 0.15) is 43.0 Å². The van der Waals surface area contributed by atoms with E-state index in [0.29, 0.717) is 18.7 Å². The first-order chi connectivity index (χ1) is 22.5. The second kappa shape index (κ2) is 14.9. The van der Waals surface area contributed by atoms with Gasteiger partial charge < -0.3 is 14.7 Å². The van der Waals surface area contributed by atoms with E-state index in [9.17, 15) is 23.5 Å². The number of nitrogens with zero attached hydrogens (tertiary/aromatic N) is 3. The maximum absolute atomic E-state index is 14.5. The van der Waals surface area contributed by atoms with Gasteiger partial charge in [0.1, 0.15) is 29.9 Å². The van der Waals surface area contributed by atoms with Gasteiger partial charge >= 0.3 is 6.09 Å². The van der Waals surface area contributed by atoms with E-state index in [-0.39, 0.29) is 19.6 Å². The number of amides is 2. The van der Waals surface area contributed by atoms with Crippen LogP contribution in [0.15, 0.2) is 109 Å². The van der Waals surface area contributed by atoms with Gasteiger partial charge in [0.2, 0.25) is 5.91 Å². The average molecular weight is 642 g/mol. The Morgan fingerprint density at radius 1 is 0.830 bits per heavy atom. The first-order valence-corrected chi connectivity index (χ1v) is 15.7. The van der Waals surface area contributed by atoms with Crippen LogP contribution in [0.4, 0.5) is 13.6 Å². The zero-order valence-electron chi connectivity index (χ0n) is 26.9. The summed E-state index contributed by atoms with van der Waals surface area (Å²) in [6, 6.07) is 29.8. The van der Waals surface area contributed by atoms with Crippen molar-refractivity contribution in [2.75, 3.05) is 6.67 Å². The number of hydrogen-bond acceptors (Lipinski definition) is 5. The molecule has 0 saturated carbocycles. The molecule has 0 bridgehead atoms. The molecule has 1 aliphatic heterocycles. The van der Waals surface area contributed by atoms with Gasteiger partial charge in [0.05, 0.1) is 6.10 Å². The van der Waals surface area contributed by atoms with Crippen LogP contribution in [-0.4, -0.2) is 62.3 Å². The lowest BCUT2D eigenvalue weighted by atomic mass is 9.93. The molecule has 0 radical (unpaired) electrons. The number of rotatable bonds is 11. The van der Waals surface area contributed by atoms with Crippen LogP contribution < -0.4 is 0 Å². The minimum absolute atomic E-state index is 0.000136. The Labute approximate surface area is 275 Å². The monoisotopic (exact) mass is 641 g/mol. The van der Waals surface area contributed by atoms with E-state index in [1.807, 2.05) is 95.9 Å². The maximum atomic E-state index is 14.5. The van der Waals surface area contributed by atoms with Crippen molar-refractivity contribution in [2.45, 2.75) is 70.6 Å². The fraction of sp³-hybridized carbons (Fsp3) is 0.316. The zero-order chi connectivity index (χ0) is 33.6. The van der Waals surface area contributed by atoms with Gasteiger partial charge in [0.15, 0.2) is 0 Å². The molecule has 0 spiro atoms. The SMILES string of the molecule is CC(C)(C)OC(=O)N1CN(Cc2ccccc2)C(=O)[C@H]1[C@@H](O)[C@H](Cc1cc(F)cc(F)c1)N(Cc1ccccc1)Cc1ccccc1. The highest BCUT2D eigenvalue weighted by atomic mass is 19.1. The Kier molecular flexibility index (Phi) is 10.7. The molecule has 0 unspecified atom stereocenters. The normalized spacial score (nSPS) is 16.4. The summed E-state index contributed by atoms with van der Waals surface area (Å²) in [4.78, 5) is 32.6. The molecule has 1 fully saturated rings. The number of carbonyl (C=O) groups is 2.